The fourth-order valence-electron chi connectivity index (χ4n) is 2.61. The van der Waals surface area contributed by atoms with Gasteiger partial charge in [-0.2, -0.15) is 0 Å². The van der Waals surface area contributed by atoms with Crippen LogP contribution in [0.2, 0.25) is 10.0 Å². The summed E-state index contributed by atoms with van der Waals surface area (Å²) in [5, 5.41) is 3.44. The molecule has 0 bridgehead atoms. The monoisotopic (exact) mass is 388 g/mol. The van der Waals surface area contributed by atoms with Crippen LogP contribution in [0.1, 0.15) is 17.2 Å². The average molecular weight is 389 g/mol. The van der Waals surface area contributed by atoms with Crippen LogP contribution >= 0.6 is 23.2 Å². The van der Waals surface area contributed by atoms with Crippen molar-refractivity contribution >= 4 is 34.8 Å². The predicted octanol–water partition coefficient (Wildman–Crippen LogP) is 5.49. The van der Waals surface area contributed by atoms with E-state index < -0.39 is 5.92 Å². The Balaban J connectivity index is 1.90. The number of carbonyl (C=O) groups is 1. The second-order valence-electron chi connectivity index (χ2n) is 5.72. The van der Waals surface area contributed by atoms with Crippen molar-refractivity contribution in [2.24, 2.45) is 0 Å². The van der Waals surface area contributed by atoms with Gasteiger partial charge < -0.3 is 5.32 Å². The van der Waals surface area contributed by atoms with E-state index in [1.54, 1.807) is 36.5 Å². The molecule has 0 spiro atoms. The van der Waals surface area contributed by atoms with Crippen LogP contribution in [0.5, 0.6) is 0 Å². The Labute approximate surface area is 160 Å². The molecule has 0 saturated heterocycles. The molecule has 132 valence electrons. The maximum atomic E-state index is 13.3. The highest BCUT2D eigenvalue weighted by Crippen LogP contribution is 2.31. The number of carbonyl (C=O) groups excluding carboxylic acids is 1. The minimum absolute atomic E-state index is 0.272. The van der Waals surface area contributed by atoms with Gasteiger partial charge in [-0.1, -0.05) is 47.5 Å². The van der Waals surface area contributed by atoms with E-state index in [0.717, 1.165) is 5.69 Å². The Morgan fingerprint density at radius 3 is 2.50 bits per heavy atom. The van der Waals surface area contributed by atoms with Gasteiger partial charge in [-0.3, -0.25) is 9.78 Å². The molecule has 0 aliphatic heterocycles. The second kappa shape index (κ2) is 8.30. The summed E-state index contributed by atoms with van der Waals surface area (Å²) in [6.45, 7) is 0. The summed E-state index contributed by atoms with van der Waals surface area (Å²) < 4.78 is 13.3. The summed E-state index contributed by atoms with van der Waals surface area (Å²) in [6, 6.07) is 16.4. The van der Waals surface area contributed by atoms with Gasteiger partial charge in [0.05, 0.1) is 21.7 Å². The number of nitrogens with zero attached hydrogens (tertiary/aromatic N) is 1. The third-order valence-electron chi connectivity index (χ3n) is 3.94. The number of nitrogens with one attached hydrogen (secondary N) is 1. The molecule has 0 fully saturated rings. The maximum Gasteiger partial charge on any atom is 0.232 e. The van der Waals surface area contributed by atoms with E-state index in [1.807, 2.05) is 18.2 Å². The summed E-state index contributed by atoms with van der Waals surface area (Å²) >= 11 is 12.2. The van der Waals surface area contributed by atoms with Gasteiger partial charge in [0, 0.05) is 18.3 Å². The number of amides is 1. The number of benzene rings is 2. The summed E-state index contributed by atoms with van der Waals surface area (Å²) in [5.74, 6) is -1.18. The number of aromatic nitrogens is 1. The highest BCUT2D eigenvalue weighted by Gasteiger charge is 2.23. The number of hydrogen-bond donors (Lipinski definition) is 1. The van der Waals surface area contributed by atoms with Gasteiger partial charge in [0.2, 0.25) is 5.91 Å². The van der Waals surface area contributed by atoms with E-state index in [-0.39, 0.29) is 16.7 Å². The minimum Gasteiger partial charge on any atom is -0.324 e. The fourth-order valence-corrected chi connectivity index (χ4v) is 2.95. The number of rotatable bonds is 5. The lowest BCUT2D eigenvalue weighted by Gasteiger charge is -2.18. The van der Waals surface area contributed by atoms with Gasteiger partial charge in [0.15, 0.2) is 0 Å². The van der Waals surface area contributed by atoms with Gasteiger partial charge in [0.1, 0.15) is 5.82 Å². The van der Waals surface area contributed by atoms with E-state index in [1.165, 1.54) is 12.1 Å². The van der Waals surface area contributed by atoms with Crippen molar-refractivity contribution in [1.82, 2.24) is 4.98 Å². The quantitative estimate of drug-likeness (QED) is 0.627. The van der Waals surface area contributed by atoms with E-state index >= 15 is 0 Å². The zero-order chi connectivity index (χ0) is 18.5. The maximum absolute atomic E-state index is 13.3. The number of halogens is 3. The van der Waals surface area contributed by atoms with Crippen molar-refractivity contribution < 1.29 is 9.18 Å². The highest BCUT2D eigenvalue weighted by atomic mass is 35.5. The molecule has 2 aromatic carbocycles. The molecule has 3 aromatic rings. The van der Waals surface area contributed by atoms with E-state index in [0.29, 0.717) is 22.7 Å². The van der Waals surface area contributed by atoms with Crippen LogP contribution < -0.4 is 5.32 Å². The molecule has 0 saturated carbocycles. The minimum atomic E-state index is -0.555. The van der Waals surface area contributed by atoms with E-state index in [4.69, 9.17) is 23.2 Å². The van der Waals surface area contributed by atoms with Crippen molar-refractivity contribution in [1.29, 1.82) is 0 Å². The number of anilines is 1. The number of pyridine rings is 1. The summed E-state index contributed by atoms with van der Waals surface area (Å²) in [4.78, 5) is 17.2. The van der Waals surface area contributed by atoms with Crippen molar-refractivity contribution in [3.63, 3.8) is 0 Å². The van der Waals surface area contributed by atoms with Gasteiger partial charge in [0.25, 0.3) is 0 Å². The van der Waals surface area contributed by atoms with Gasteiger partial charge in [-0.15, -0.1) is 0 Å². The molecule has 1 N–H and O–H groups in total. The fraction of sp³-hybridized carbons (Fsp3) is 0.100. The first-order valence-corrected chi connectivity index (χ1v) is 8.70. The van der Waals surface area contributed by atoms with Crippen LogP contribution in [0.4, 0.5) is 10.1 Å². The lowest BCUT2D eigenvalue weighted by atomic mass is 9.93. The highest BCUT2D eigenvalue weighted by molar-refractivity contribution is 6.44. The third kappa shape index (κ3) is 4.40. The Morgan fingerprint density at radius 1 is 1.04 bits per heavy atom. The molecule has 0 aliphatic carbocycles. The molecule has 26 heavy (non-hydrogen) atoms. The summed E-state index contributed by atoms with van der Waals surface area (Å²) in [5.41, 5.74) is 1.87. The van der Waals surface area contributed by atoms with Crippen molar-refractivity contribution in [2.75, 3.05) is 5.32 Å². The first kappa shape index (κ1) is 18.4. The SMILES string of the molecule is O=C(Nc1cccc(Cl)c1Cl)C(Cc1ccccn1)c1ccc(F)cc1. The number of hydrogen-bond acceptors (Lipinski definition) is 2. The molecular formula is C20H15Cl2FN2O. The van der Waals surface area contributed by atoms with Crippen LogP contribution in [0.15, 0.2) is 66.9 Å². The Morgan fingerprint density at radius 2 is 1.81 bits per heavy atom. The van der Waals surface area contributed by atoms with Crippen LogP contribution in [0.25, 0.3) is 0 Å². The molecule has 1 amide bonds. The Bertz CT molecular complexity index is 901. The molecule has 6 heteroatoms. The lowest BCUT2D eigenvalue weighted by Crippen LogP contribution is -2.23. The Hall–Kier alpha value is -2.43. The summed E-state index contributed by atoms with van der Waals surface area (Å²) in [6.07, 6.45) is 2.04. The molecule has 0 aliphatic rings. The van der Waals surface area contributed by atoms with Crippen molar-refractivity contribution in [2.45, 2.75) is 12.3 Å². The molecule has 1 heterocycles. The largest absolute Gasteiger partial charge is 0.324 e. The average Bonchev–Trinajstić information content (AvgIpc) is 2.65. The molecule has 3 nitrogen and oxygen atoms in total. The van der Waals surface area contributed by atoms with Crippen LogP contribution in [-0.4, -0.2) is 10.9 Å². The zero-order valence-electron chi connectivity index (χ0n) is 13.6. The van der Waals surface area contributed by atoms with Crippen molar-refractivity contribution in [3.8, 4) is 0 Å². The van der Waals surface area contributed by atoms with Crippen LogP contribution in [0.3, 0.4) is 0 Å². The van der Waals surface area contributed by atoms with E-state index in [9.17, 15) is 9.18 Å². The van der Waals surface area contributed by atoms with Crippen LogP contribution in [-0.2, 0) is 11.2 Å². The molecule has 0 radical (unpaired) electrons. The lowest BCUT2D eigenvalue weighted by molar-refractivity contribution is -0.117. The molecule has 1 unspecified atom stereocenters. The first-order chi connectivity index (χ1) is 12.5. The standard InChI is InChI=1S/C20H15Cl2FN2O/c21-17-5-3-6-18(19(17)22)25-20(26)16(12-15-4-1-2-11-24-15)13-7-9-14(23)10-8-13/h1-11,16H,12H2,(H,25,26). The van der Waals surface area contributed by atoms with Gasteiger partial charge in [-0.25, -0.2) is 4.39 Å². The molecule has 1 aromatic heterocycles. The molecular weight excluding hydrogens is 374 g/mol. The topological polar surface area (TPSA) is 42.0 Å². The molecule has 1 atom stereocenters. The Kier molecular flexibility index (Phi) is 5.86. The zero-order valence-corrected chi connectivity index (χ0v) is 15.1. The van der Waals surface area contributed by atoms with Gasteiger partial charge in [-0.05, 0) is 42.0 Å². The van der Waals surface area contributed by atoms with Crippen LogP contribution in [0, 0.1) is 5.82 Å². The van der Waals surface area contributed by atoms with Crippen molar-refractivity contribution in [3.05, 3.63) is 94.0 Å². The normalized spacial score (nSPS) is 11.8. The summed E-state index contributed by atoms with van der Waals surface area (Å²) in [7, 11) is 0. The first-order valence-electron chi connectivity index (χ1n) is 7.95. The smallest absolute Gasteiger partial charge is 0.232 e. The molecule has 3 rings (SSSR count). The third-order valence-corrected chi connectivity index (χ3v) is 4.76. The van der Waals surface area contributed by atoms with E-state index in [2.05, 4.69) is 10.3 Å². The van der Waals surface area contributed by atoms with Gasteiger partial charge >= 0.3 is 0 Å². The predicted molar refractivity (Wildman–Crippen MR) is 102 cm³/mol. The second-order valence-corrected chi connectivity index (χ2v) is 6.51.